The van der Waals surface area contributed by atoms with Gasteiger partial charge < -0.3 is 4.74 Å². The van der Waals surface area contributed by atoms with Crippen molar-refractivity contribution in [2.75, 3.05) is 6.61 Å². The summed E-state index contributed by atoms with van der Waals surface area (Å²) >= 11 is 5.30. The molecule has 78 valence electrons. The average Bonchev–Trinajstić information content (AvgIpc) is 2.22. The Labute approximate surface area is 110 Å². The average molecular weight is 380 g/mol. The Morgan fingerprint density at radius 1 is 1.67 bits per heavy atom. The van der Waals surface area contributed by atoms with Gasteiger partial charge in [-0.15, -0.1) is 0 Å². The van der Waals surface area contributed by atoms with Crippen LogP contribution in [0.5, 0.6) is 0 Å². The molecule has 0 amide bonds. The number of halogens is 2. The summed E-state index contributed by atoms with van der Waals surface area (Å²) in [6, 6.07) is 5.24. The molecule has 0 saturated heterocycles. The molecule has 5 heteroatoms. The minimum atomic E-state index is -0.383. The lowest BCUT2D eigenvalue weighted by Crippen LogP contribution is -2.06. The van der Waals surface area contributed by atoms with E-state index in [-0.39, 0.29) is 5.97 Å². The van der Waals surface area contributed by atoms with Crippen LogP contribution in [0.15, 0.2) is 16.6 Å². The summed E-state index contributed by atoms with van der Waals surface area (Å²) in [4.78, 5) is 11.5. The Bertz CT molecular complexity index is 440. The first-order valence-corrected chi connectivity index (χ1v) is 6.04. The zero-order valence-electron chi connectivity index (χ0n) is 7.88. The smallest absolute Gasteiger partial charge is 0.339 e. The van der Waals surface area contributed by atoms with E-state index < -0.39 is 0 Å². The summed E-state index contributed by atoms with van der Waals surface area (Å²) in [5.41, 5.74) is 0.982. The van der Waals surface area contributed by atoms with Crippen molar-refractivity contribution in [3.63, 3.8) is 0 Å². The molecule has 1 aromatic carbocycles. The van der Waals surface area contributed by atoms with Gasteiger partial charge in [0.1, 0.15) is 6.07 Å². The molecule has 0 N–H and O–H groups in total. The highest BCUT2D eigenvalue weighted by atomic mass is 127. The molecule has 1 rings (SSSR count). The lowest BCUT2D eigenvalue weighted by molar-refractivity contribution is 0.0525. The highest BCUT2D eigenvalue weighted by Gasteiger charge is 2.15. The summed E-state index contributed by atoms with van der Waals surface area (Å²) in [5.74, 6) is -0.383. The minimum absolute atomic E-state index is 0.335. The molecule has 15 heavy (non-hydrogen) atoms. The molecule has 0 heterocycles. The molecule has 0 fully saturated rings. The standard InChI is InChI=1S/C10H7BrINO2/c1-2-15-10(14)7-4-3-6(5-13)9(12)8(7)11/h3-4H,2H2,1H3. The van der Waals surface area contributed by atoms with Crippen LogP contribution in [0, 0.1) is 14.9 Å². The molecule has 0 aromatic heterocycles. The molecule has 0 atom stereocenters. The van der Waals surface area contributed by atoms with Gasteiger partial charge in [0.2, 0.25) is 0 Å². The van der Waals surface area contributed by atoms with Gasteiger partial charge in [-0.2, -0.15) is 5.26 Å². The highest BCUT2D eigenvalue weighted by Crippen LogP contribution is 2.27. The highest BCUT2D eigenvalue weighted by molar-refractivity contribution is 14.1. The fourth-order valence-electron chi connectivity index (χ4n) is 1.00. The first-order valence-electron chi connectivity index (χ1n) is 4.17. The maximum absolute atomic E-state index is 11.5. The Morgan fingerprint density at radius 2 is 2.33 bits per heavy atom. The lowest BCUT2D eigenvalue weighted by atomic mass is 10.1. The first kappa shape index (κ1) is 12.5. The van der Waals surface area contributed by atoms with E-state index >= 15 is 0 Å². The predicted molar refractivity (Wildman–Crippen MR) is 67.5 cm³/mol. The molecule has 0 aliphatic rings. The van der Waals surface area contributed by atoms with Crippen LogP contribution >= 0.6 is 38.5 Å². The summed E-state index contributed by atoms with van der Waals surface area (Å²) in [6.45, 7) is 2.09. The SMILES string of the molecule is CCOC(=O)c1ccc(C#N)c(I)c1Br. The number of carbonyl (C=O) groups is 1. The van der Waals surface area contributed by atoms with Crippen molar-refractivity contribution in [1.29, 1.82) is 5.26 Å². The fourth-order valence-corrected chi connectivity index (χ4v) is 2.10. The van der Waals surface area contributed by atoms with E-state index in [1.165, 1.54) is 0 Å². The second-order valence-corrected chi connectivity index (χ2v) is 4.49. The molecular formula is C10H7BrINO2. The first-order chi connectivity index (χ1) is 7.11. The summed E-state index contributed by atoms with van der Waals surface area (Å²) < 4.78 is 6.22. The van der Waals surface area contributed by atoms with E-state index in [4.69, 9.17) is 10.00 Å². The molecule has 0 radical (unpaired) electrons. The van der Waals surface area contributed by atoms with Crippen molar-refractivity contribution in [1.82, 2.24) is 0 Å². The van der Waals surface area contributed by atoms with Crippen molar-refractivity contribution < 1.29 is 9.53 Å². The van der Waals surface area contributed by atoms with Crippen LogP contribution in [0.1, 0.15) is 22.8 Å². The third-order valence-corrected chi connectivity index (χ3v) is 4.38. The number of esters is 1. The number of benzene rings is 1. The Balaban J connectivity index is 3.19. The van der Waals surface area contributed by atoms with Gasteiger partial charge in [0.05, 0.1) is 17.7 Å². The van der Waals surface area contributed by atoms with Gasteiger partial charge in [-0.1, -0.05) is 0 Å². The molecule has 0 spiro atoms. The molecule has 0 saturated carbocycles. The van der Waals surface area contributed by atoms with Gasteiger partial charge in [-0.05, 0) is 57.6 Å². The monoisotopic (exact) mass is 379 g/mol. The Kier molecular flexibility index (Phi) is 4.54. The van der Waals surface area contributed by atoms with Crippen LogP contribution in [0.25, 0.3) is 0 Å². The molecular weight excluding hydrogens is 373 g/mol. The summed E-state index contributed by atoms with van der Waals surface area (Å²) in [7, 11) is 0. The van der Waals surface area contributed by atoms with E-state index in [1.54, 1.807) is 19.1 Å². The maximum Gasteiger partial charge on any atom is 0.339 e. The van der Waals surface area contributed by atoms with Gasteiger partial charge in [0, 0.05) is 8.04 Å². The van der Waals surface area contributed by atoms with Gasteiger partial charge in [-0.25, -0.2) is 4.79 Å². The van der Waals surface area contributed by atoms with Crippen molar-refractivity contribution in [3.8, 4) is 6.07 Å². The number of nitriles is 1. The minimum Gasteiger partial charge on any atom is -0.462 e. The van der Waals surface area contributed by atoms with Crippen LogP contribution in [-0.2, 0) is 4.74 Å². The Morgan fingerprint density at radius 3 is 2.87 bits per heavy atom. The second-order valence-electron chi connectivity index (χ2n) is 2.62. The van der Waals surface area contributed by atoms with Crippen LogP contribution in [0.4, 0.5) is 0 Å². The summed E-state index contributed by atoms with van der Waals surface area (Å²) in [5, 5.41) is 8.78. The zero-order valence-corrected chi connectivity index (χ0v) is 11.6. The third-order valence-electron chi connectivity index (χ3n) is 1.70. The van der Waals surface area contributed by atoms with Crippen LogP contribution in [-0.4, -0.2) is 12.6 Å². The maximum atomic E-state index is 11.5. The van der Waals surface area contributed by atoms with Crippen molar-refractivity contribution in [2.45, 2.75) is 6.92 Å². The van der Waals surface area contributed by atoms with E-state index in [1.807, 2.05) is 28.7 Å². The van der Waals surface area contributed by atoms with Crippen molar-refractivity contribution in [2.24, 2.45) is 0 Å². The number of ether oxygens (including phenoxy) is 1. The normalized spacial score (nSPS) is 9.47. The Hall–Kier alpha value is -0.610. The van der Waals surface area contributed by atoms with Crippen molar-refractivity contribution in [3.05, 3.63) is 31.3 Å². The van der Waals surface area contributed by atoms with Gasteiger partial charge in [-0.3, -0.25) is 0 Å². The lowest BCUT2D eigenvalue weighted by Gasteiger charge is -2.06. The zero-order chi connectivity index (χ0) is 11.4. The van der Waals surface area contributed by atoms with E-state index in [2.05, 4.69) is 15.9 Å². The van der Waals surface area contributed by atoms with Gasteiger partial charge in [0.15, 0.2) is 0 Å². The van der Waals surface area contributed by atoms with E-state index in [0.717, 1.165) is 3.57 Å². The largest absolute Gasteiger partial charge is 0.462 e. The molecule has 0 aliphatic carbocycles. The van der Waals surface area contributed by atoms with E-state index in [0.29, 0.717) is 22.2 Å². The van der Waals surface area contributed by atoms with Crippen molar-refractivity contribution >= 4 is 44.5 Å². The molecule has 1 aromatic rings. The molecule has 0 bridgehead atoms. The molecule has 3 nitrogen and oxygen atoms in total. The fraction of sp³-hybridized carbons (Fsp3) is 0.200. The van der Waals surface area contributed by atoms with Crippen LogP contribution < -0.4 is 0 Å². The van der Waals surface area contributed by atoms with E-state index in [9.17, 15) is 4.79 Å². The number of nitrogens with zero attached hydrogens (tertiary/aromatic N) is 1. The van der Waals surface area contributed by atoms with Crippen LogP contribution in [0.3, 0.4) is 0 Å². The van der Waals surface area contributed by atoms with Gasteiger partial charge in [0.25, 0.3) is 0 Å². The second kappa shape index (κ2) is 5.47. The summed E-state index contributed by atoms with van der Waals surface area (Å²) in [6.07, 6.45) is 0. The number of carbonyl (C=O) groups excluding carboxylic acids is 1. The van der Waals surface area contributed by atoms with Gasteiger partial charge >= 0.3 is 5.97 Å². The number of rotatable bonds is 2. The predicted octanol–water partition coefficient (Wildman–Crippen LogP) is 3.10. The number of hydrogen-bond donors (Lipinski definition) is 0. The topological polar surface area (TPSA) is 50.1 Å². The quantitative estimate of drug-likeness (QED) is 0.586. The van der Waals surface area contributed by atoms with Crippen LogP contribution in [0.2, 0.25) is 0 Å². The molecule has 0 aliphatic heterocycles. The molecule has 0 unspecified atom stereocenters. The third kappa shape index (κ3) is 2.69. The number of hydrogen-bond acceptors (Lipinski definition) is 3.